The van der Waals surface area contributed by atoms with E-state index in [2.05, 4.69) is 50.6 Å². The largest absolute Gasteiger partial charge is 0.353 e. The number of hydrogen-bond acceptors (Lipinski definition) is 5. The number of anilines is 1. The van der Waals surface area contributed by atoms with E-state index in [0.29, 0.717) is 5.91 Å². The minimum Gasteiger partial charge on any atom is -0.353 e. The van der Waals surface area contributed by atoms with Crippen LogP contribution in [-0.2, 0) is 24.3 Å². The van der Waals surface area contributed by atoms with Gasteiger partial charge in [-0.2, -0.15) is 0 Å². The Bertz CT molecular complexity index is 776. The van der Waals surface area contributed by atoms with Crippen molar-refractivity contribution in [1.82, 2.24) is 24.3 Å². The number of imidazole rings is 1. The van der Waals surface area contributed by atoms with Crippen LogP contribution in [0.1, 0.15) is 17.8 Å². The van der Waals surface area contributed by atoms with Gasteiger partial charge in [-0.25, -0.2) is 9.97 Å². The summed E-state index contributed by atoms with van der Waals surface area (Å²) in [6.45, 7) is 4.89. The van der Waals surface area contributed by atoms with Gasteiger partial charge in [0.05, 0.1) is 5.92 Å². The molecule has 0 spiro atoms. The number of piperazine rings is 1. The molecule has 0 radical (unpaired) electrons. The summed E-state index contributed by atoms with van der Waals surface area (Å²) in [5, 5.41) is 0. The minimum atomic E-state index is 0.0849. The van der Waals surface area contributed by atoms with Crippen molar-refractivity contribution in [3.8, 4) is 0 Å². The van der Waals surface area contributed by atoms with Crippen LogP contribution >= 0.6 is 0 Å². The maximum absolute atomic E-state index is 12.9. The SMILES string of the molecule is CN(C)Cc1ccc(N2CCN(C(=O)C3CCc4nccn4C3)CC2)nc1. The second-order valence-electron chi connectivity index (χ2n) is 7.81. The van der Waals surface area contributed by atoms with Gasteiger partial charge >= 0.3 is 0 Å². The zero-order valence-corrected chi connectivity index (χ0v) is 16.2. The first kappa shape index (κ1) is 18.0. The van der Waals surface area contributed by atoms with E-state index >= 15 is 0 Å². The van der Waals surface area contributed by atoms with E-state index < -0.39 is 0 Å². The Morgan fingerprint density at radius 1 is 1.19 bits per heavy atom. The van der Waals surface area contributed by atoms with Crippen LogP contribution in [-0.4, -0.2) is 70.5 Å². The summed E-state index contributed by atoms with van der Waals surface area (Å²) in [4.78, 5) is 28.3. The van der Waals surface area contributed by atoms with Crippen LogP contribution in [0.2, 0.25) is 0 Å². The quantitative estimate of drug-likeness (QED) is 0.813. The Labute approximate surface area is 160 Å². The van der Waals surface area contributed by atoms with E-state index in [-0.39, 0.29) is 5.92 Å². The van der Waals surface area contributed by atoms with Crippen molar-refractivity contribution < 1.29 is 4.79 Å². The standard InChI is InChI=1S/C20H28N6O/c1-23(2)14-16-3-5-19(22-13-16)24-9-11-25(12-10-24)20(27)17-4-6-18-21-7-8-26(18)15-17/h3,5,7-8,13,17H,4,6,9-12,14-15H2,1-2H3. The molecule has 27 heavy (non-hydrogen) atoms. The highest BCUT2D eigenvalue weighted by molar-refractivity contribution is 5.79. The molecule has 1 atom stereocenters. The van der Waals surface area contributed by atoms with Gasteiger partial charge in [-0.1, -0.05) is 6.07 Å². The van der Waals surface area contributed by atoms with Crippen LogP contribution in [0.3, 0.4) is 0 Å². The molecule has 7 heteroatoms. The average molecular weight is 368 g/mol. The van der Waals surface area contributed by atoms with E-state index in [1.54, 1.807) is 0 Å². The summed E-state index contributed by atoms with van der Waals surface area (Å²) in [6.07, 6.45) is 7.57. The molecule has 2 aromatic rings. The van der Waals surface area contributed by atoms with E-state index in [1.165, 1.54) is 5.56 Å². The summed E-state index contributed by atoms with van der Waals surface area (Å²) < 4.78 is 2.13. The van der Waals surface area contributed by atoms with Gasteiger partial charge in [-0.3, -0.25) is 4.79 Å². The number of rotatable bonds is 4. The molecule has 0 aromatic carbocycles. The molecule has 1 saturated heterocycles. The number of amides is 1. The van der Waals surface area contributed by atoms with E-state index in [9.17, 15) is 4.79 Å². The van der Waals surface area contributed by atoms with Crippen molar-refractivity contribution in [2.24, 2.45) is 5.92 Å². The molecular weight excluding hydrogens is 340 g/mol. The normalized spacial score (nSPS) is 20.0. The Hall–Kier alpha value is -2.41. The number of fused-ring (bicyclic) bond motifs is 1. The lowest BCUT2D eigenvalue weighted by atomic mass is 9.97. The van der Waals surface area contributed by atoms with Crippen LogP contribution in [0, 0.1) is 5.92 Å². The average Bonchev–Trinajstić information content (AvgIpc) is 3.15. The molecule has 4 rings (SSSR count). The van der Waals surface area contributed by atoms with Gasteiger partial charge in [-0.15, -0.1) is 0 Å². The summed E-state index contributed by atoms with van der Waals surface area (Å²) in [5.74, 6) is 2.49. The van der Waals surface area contributed by atoms with Crippen molar-refractivity contribution in [1.29, 1.82) is 0 Å². The summed E-state index contributed by atoms with van der Waals surface area (Å²) in [5.41, 5.74) is 1.22. The topological polar surface area (TPSA) is 57.5 Å². The Kier molecular flexibility index (Phi) is 5.11. The van der Waals surface area contributed by atoms with Crippen LogP contribution in [0.5, 0.6) is 0 Å². The molecule has 7 nitrogen and oxygen atoms in total. The predicted molar refractivity (Wildman–Crippen MR) is 104 cm³/mol. The lowest BCUT2D eigenvalue weighted by molar-refractivity contribution is -0.136. The molecule has 144 valence electrons. The third-order valence-corrected chi connectivity index (χ3v) is 5.51. The molecular formula is C20H28N6O. The molecule has 4 heterocycles. The first-order valence-electron chi connectivity index (χ1n) is 9.73. The van der Waals surface area contributed by atoms with E-state index in [1.807, 2.05) is 23.5 Å². The first-order chi connectivity index (χ1) is 13.1. The predicted octanol–water partition coefficient (Wildman–Crippen LogP) is 1.25. The van der Waals surface area contributed by atoms with Crippen molar-refractivity contribution >= 4 is 11.7 Å². The smallest absolute Gasteiger partial charge is 0.227 e. The van der Waals surface area contributed by atoms with E-state index in [4.69, 9.17) is 0 Å². The van der Waals surface area contributed by atoms with Gasteiger partial charge in [0.25, 0.3) is 0 Å². The number of aryl methyl sites for hydroxylation is 1. The molecule has 2 aliphatic heterocycles. The Morgan fingerprint density at radius 2 is 2.00 bits per heavy atom. The maximum Gasteiger partial charge on any atom is 0.227 e. The fourth-order valence-electron chi connectivity index (χ4n) is 4.04. The van der Waals surface area contributed by atoms with Crippen LogP contribution in [0.4, 0.5) is 5.82 Å². The molecule has 0 N–H and O–H groups in total. The monoisotopic (exact) mass is 368 g/mol. The molecule has 1 amide bonds. The van der Waals surface area contributed by atoms with Crippen LogP contribution in [0.25, 0.3) is 0 Å². The molecule has 2 aromatic heterocycles. The van der Waals surface area contributed by atoms with Gasteiger partial charge in [0.2, 0.25) is 5.91 Å². The van der Waals surface area contributed by atoms with Crippen LogP contribution in [0.15, 0.2) is 30.7 Å². The molecule has 1 unspecified atom stereocenters. The molecule has 0 aliphatic carbocycles. The van der Waals surface area contributed by atoms with Crippen molar-refractivity contribution in [2.75, 3.05) is 45.2 Å². The number of pyridine rings is 1. The minimum absolute atomic E-state index is 0.0849. The highest BCUT2D eigenvalue weighted by atomic mass is 16.2. The Balaban J connectivity index is 1.31. The molecule has 1 fully saturated rings. The zero-order valence-electron chi connectivity index (χ0n) is 16.2. The number of hydrogen-bond donors (Lipinski definition) is 0. The fraction of sp³-hybridized carbons (Fsp3) is 0.550. The first-order valence-corrected chi connectivity index (χ1v) is 9.73. The zero-order chi connectivity index (χ0) is 18.8. The molecule has 0 bridgehead atoms. The highest BCUT2D eigenvalue weighted by Gasteiger charge is 2.30. The third-order valence-electron chi connectivity index (χ3n) is 5.51. The summed E-state index contributed by atoms with van der Waals surface area (Å²) in [7, 11) is 4.12. The third kappa shape index (κ3) is 3.98. The summed E-state index contributed by atoms with van der Waals surface area (Å²) >= 11 is 0. The van der Waals surface area contributed by atoms with Gasteiger partial charge in [0, 0.05) is 64.3 Å². The highest BCUT2D eigenvalue weighted by Crippen LogP contribution is 2.22. The van der Waals surface area contributed by atoms with E-state index in [0.717, 1.165) is 63.8 Å². The van der Waals surface area contributed by atoms with Gasteiger partial charge in [-0.05, 0) is 32.1 Å². The van der Waals surface area contributed by atoms with Crippen molar-refractivity contribution in [3.63, 3.8) is 0 Å². The summed E-state index contributed by atoms with van der Waals surface area (Å²) in [6, 6.07) is 4.24. The molecule has 0 saturated carbocycles. The maximum atomic E-state index is 12.9. The number of carbonyl (C=O) groups is 1. The lowest BCUT2D eigenvalue weighted by Crippen LogP contribution is -2.51. The second kappa shape index (κ2) is 7.68. The van der Waals surface area contributed by atoms with Gasteiger partial charge in [0.1, 0.15) is 11.6 Å². The number of nitrogens with zero attached hydrogens (tertiary/aromatic N) is 6. The van der Waals surface area contributed by atoms with Crippen LogP contribution < -0.4 is 4.90 Å². The van der Waals surface area contributed by atoms with Crippen molar-refractivity contribution in [3.05, 3.63) is 42.1 Å². The number of carbonyl (C=O) groups excluding carboxylic acids is 1. The lowest BCUT2D eigenvalue weighted by Gasteiger charge is -2.37. The molecule has 2 aliphatic rings. The van der Waals surface area contributed by atoms with Crippen molar-refractivity contribution in [2.45, 2.75) is 25.9 Å². The van der Waals surface area contributed by atoms with Gasteiger partial charge in [0.15, 0.2) is 0 Å². The second-order valence-corrected chi connectivity index (χ2v) is 7.81. The number of aromatic nitrogens is 3. The van der Waals surface area contributed by atoms with Gasteiger partial charge < -0.3 is 19.3 Å². The fourth-order valence-corrected chi connectivity index (χ4v) is 4.04. The Morgan fingerprint density at radius 3 is 2.70 bits per heavy atom.